The van der Waals surface area contributed by atoms with E-state index in [4.69, 9.17) is 15.8 Å². The number of nitrogens with two attached hydrogens (primary N) is 1. The fourth-order valence-corrected chi connectivity index (χ4v) is 4.25. The van der Waals surface area contributed by atoms with E-state index in [0.717, 1.165) is 22.5 Å². The van der Waals surface area contributed by atoms with Gasteiger partial charge in [-0.2, -0.15) is 5.10 Å². The Balaban J connectivity index is 1.79. The summed E-state index contributed by atoms with van der Waals surface area (Å²) in [6.07, 6.45) is 1.42. The van der Waals surface area contributed by atoms with Gasteiger partial charge >= 0.3 is 0 Å². The zero-order chi connectivity index (χ0) is 23.1. The Morgan fingerprint density at radius 2 is 1.79 bits per heavy atom. The molecule has 0 unspecified atom stereocenters. The maximum atomic E-state index is 13.8. The molecule has 0 spiro atoms. The van der Waals surface area contributed by atoms with E-state index in [1.54, 1.807) is 9.25 Å². The number of aryl methyl sites for hydroxylation is 2. The first-order valence-corrected chi connectivity index (χ1v) is 10.7. The van der Waals surface area contributed by atoms with Crippen LogP contribution in [0.25, 0.3) is 27.6 Å². The number of hydrogen-bond donors (Lipinski definition) is 2. The van der Waals surface area contributed by atoms with Crippen molar-refractivity contribution in [2.75, 3.05) is 12.8 Å². The minimum absolute atomic E-state index is 0.108. The van der Waals surface area contributed by atoms with Crippen LogP contribution in [0.3, 0.4) is 0 Å². The van der Waals surface area contributed by atoms with E-state index in [0.29, 0.717) is 40.1 Å². The number of benzene rings is 2. The van der Waals surface area contributed by atoms with Gasteiger partial charge in [-0.15, -0.1) is 0 Å². The normalized spacial score (nSPS) is 11.5. The van der Waals surface area contributed by atoms with Crippen molar-refractivity contribution in [3.05, 3.63) is 81.8 Å². The van der Waals surface area contributed by atoms with Gasteiger partial charge < -0.3 is 11.1 Å². The third-order valence-corrected chi connectivity index (χ3v) is 5.80. The van der Waals surface area contributed by atoms with Crippen LogP contribution >= 0.6 is 0 Å². The zero-order valence-corrected chi connectivity index (χ0v) is 18.7. The first-order valence-electron chi connectivity index (χ1n) is 10.7. The summed E-state index contributed by atoms with van der Waals surface area (Å²) in [4.78, 5) is 27.2. The summed E-state index contributed by atoms with van der Waals surface area (Å²) in [6.45, 7) is 4.66. The number of anilines is 1. The van der Waals surface area contributed by atoms with E-state index in [-0.39, 0.29) is 12.1 Å². The molecular formula is C24H24N8O. The van der Waals surface area contributed by atoms with Crippen LogP contribution in [-0.2, 0) is 13.1 Å². The van der Waals surface area contributed by atoms with Crippen LogP contribution in [0.1, 0.15) is 22.6 Å². The molecule has 166 valence electrons. The highest BCUT2D eigenvalue weighted by Gasteiger charge is 2.20. The maximum Gasteiger partial charge on any atom is 0.266 e. The Hall–Kier alpha value is -4.11. The fourth-order valence-electron chi connectivity index (χ4n) is 4.25. The molecule has 0 atom stereocenters. The van der Waals surface area contributed by atoms with Crippen molar-refractivity contribution in [2.24, 2.45) is 0 Å². The Labute approximate surface area is 189 Å². The quantitative estimate of drug-likeness (QED) is 0.431. The molecule has 5 rings (SSSR count). The zero-order valence-electron chi connectivity index (χ0n) is 18.7. The van der Waals surface area contributed by atoms with E-state index in [9.17, 15) is 4.79 Å². The molecule has 3 aromatic heterocycles. The average molecular weight is 441 g/mol. The van der Waals surface area contributed by atoms with Crippen molar-refractivity contribution >= 4 is 27.8 Å². The molecule has 3 N–H and O–H groups in total. The minimum atomic E-state index is -0.108. The Bertz CT molecular complexity index is 1570. The van der Waals surface area contributed by atoms with Gasteiger partial charge in [-0.1, -0.05) is 30.3 Å². The van der Waals surface area contributed by atoms with Crippen molar-refractivity contribution in [1.29, 1.82) is 0 Å². The van der Waals surface area contributed by atoms with E-state index >= 15 is 0 Å². The number of nitrogens with zero attached hydrogens (tertiary/aromatic N) is 6. The van der Waals surface area contributed by atoms with Crippen molar-refractivity contribution in [2.45, 2.75) is 26.9 Å². The fraction of sp³-hybridized carbons (Fsp3) is 0.208. The third kappa shape index (κ3) is 3.42. The highest BCUT2D eigenvalue weighted by molar-refractivity contribution is 5.88. The SMILES string of the molecule is CNCc1nn(Cc2nc3cccc(C)c3c(=O)n2-c2ccccc2C)c2ncnc(N)c12. The molecule has 0 amide bonds. The Morgan fingerprint density at radius 3 is 2.58 bits per heavy atom. The van der Waals surface area contributed by atoms with Crippen molar-refractivity contribution in [1.82, 2.24) is 34.6 Å². The summed E-state index contributed by atoms with van der Waals surface area (Å²) < 4.78 is 3.42. The smallest absolute Gasteiger partial charge is 0.266 e. The van der Waals surface area contributed by atoms with Crippen LogP contribution in [0.5, 0.6) is 0 Å². The van der Waals surface area contributed by atoms with Crippen LogP contribution in [0.4, 0.5) is 5.82 Å². The standard InChI is InChI=1S/C24H24N8O/c1-14-7-4-5-10-18(14)32-19(29-16-9-6-8-15(2)20(16)24(32)33)12-31-23-21(17(30-31)11-26-3)22(25)27-13-28-23/h4-10,13,26H,11-12H2,1-3H3,(H2,25,27,28). The first kappa shape index (κ1) is 20.8. The lowest BCUT2D eigenvalue weighted by molar-refractivity contribution is 0.631. The molecule has 9 nitrogen and oxygen atoms in total. The highest BCUT2D eigenvalue weighted by Crippen LogP contribution is 2.23. The van der Waals surface area contributed by atoms with Gasteiger partial charge in [0, 0.05) is 6.54 Å². The summed E-state index contributed by atoms with van der Waals surface area (Å²) in [5.74, 6) is 0.930. The second kappa shape index (κ2) is 8.10. The monoisotopic (exact) mass is 440 g/mol. The number of nitrogens with one attached hydrogen (secondary N) is 1. The number of nitrogen functional groups attached to an aromatic ring is 1. The summed E-state index contributed by atoms with van der Waals surface area (Å²) in [6, 6.07) is 13.5. The number of rotatable bonds is 5. The van der Waals surface area contributed by atoms with E-state index in [2.05, 4.69) is 15.3 Å². The van der Waals surface area contributed by atoms with Crippen molar-refractivity contribution in [3.63, 3.8) is 0 Å². The predicted molar refractivity (Wildman–Crippen MR) is 128 cm³/mol. The van der Waals surface area contributed by atoms with Gasteiger partial charge in [-0.3, -0.25) is 9.36 Å². The number of fused-ring (bicyclic) bond motifs is 2. The van der Waals surface area contributed by atoms with E-state index < -0.39 is 0 Å². The average Bonchev–Trinajstić information content (AvgIpc) is 3.13. The Kier molecular flexibility index (Phi) is 5.10. The van der Waals surface area contributed by atoms with Crippen molar-refractivity contribution in [3.8, 4) is 5.69 Å². The number of para-hydroxylation sites is 1. The van der Waals surface area contributed by atoms with E-state index in [1.165, 1.54) is 6.33 Å². The molecule has 5 aromatic rings. The summed E-state index contributed by atoms with van der Waals surface area (Å²) >= 11 is 0. The van der Waals surface area contributed by atoms with Crippen LogP contribution in [0, 0.1) is 13.8 Å². The Morgan fingerprint density at radius 1 is 1.00 bits per heavy atom. The molecule has 0 fully saturated rings. The first-order chi connectivity index (χ1) is 16.0. The lowest BCUT2D eigenvalue weighted by atomic mass is 10.1. The van der Waals surface area contributed by atoms with Gasteiger partial charge in [0.05, 0.1) is 27.7 Å². The van der Waals surface area contributed by atoms with Crippen LogP contribution in [0.2, 0.25) is 0 Å². The topological polar surface area (TPSA) is 117 Å². The van der Waals surface area contributed by atoms with Crippen molar-refractivity contribution < 1.29 is 0 Å². The lowest BCUT2D eigenvalue weighted by Gasteiger charge is -2.16. The minimum Gasteiger partial charge on any atom is -0.383 e. The number of hydrogen-bond acceptors (Lipinski definition) is 7. The maximum absolute atomic E-state index is 13.8. The van der Waals surface area contributed by atoms with Crippen LogP contribution in [-0.4, -0.2) is 36.3 Å². The van der Waals surface area contributed by atoms with Gasteiger partial charge in [0.1, 0.15) is 24.5 Å². The second-order valence-electron chi connectivity index (χ2n) is 8.02. The predicted octanol–water partition coefficient (Wildman–Crippen LogP) is 2.49. The van der Waals surface area contributed by atoms with Gasteiger partial charge in [-0.05, 0) is 44.2 Å². The molecule has 0 aliphatic carbocycles. The van der Waals surface area contributed by atoms with Crippen LogP contribution < -0.4 is 16.6 Å². The lowest BCUT2D eigenvalue weighted by Crippen LogP contribution is -2.26. The molecule has 0 aliphatic heterocycles. The van der Waals surface area contributed by atoms with Gasteiger partial charge in [0.2, 0.25) is 0 Å². The molecule has 0 saturated carbocycles. The van der Waals surface area contributed by atoms with E-state index in [1.807, 2.05) is 63.4 Å². The molecule has 2 aromatic carbocycles. The number of aromatic nitrogens is 6. The molecular weight excluding hydrogens is 416 g/mol. The molecule has 0 bridgehead atoms. The highest BCUT2D eigenvalue weighted by atomic mass is 16.1. The largest absolute Gasteiger partial charge is 0.383 e. The van der Waals surface area contributed by atoms with Crippen LogP contribution in [0.15, 0.2) is 53.6 Å². The molecule has 0 radical (unpaired) electrons. The van der Waals surface area contributed by atoms with Gasteiger partial charge in [-0.25, -0.2) is 19.6 Å². The molecule has 3 heterocycles. The summed E-state index contributed by atoms with van der Waals surface area (Å²) in [5, 5.41) is 9.15. The molecule has 9 heteroatoms. The molecule has 0 aliphatic rings. The van der Waals surface area contributed by atoms with Gasteiger partial charge in [0.25, 0.3) is 5.56 Å². The summed E-state index contributed by atoms with van der Waals surface area (Å²) in [7, 11) is 1.84. The van der Waals surface area contributed by atoms with Gasteiger partial charge in [0.15, 0.2) is 5.65 Å². The third-order valence-electron chi connectivity index (χ3n) is 5.80. The second-order valence-corrected chi connectivity index (χ2v) is 8.02. The molecule has 0 saturated heterocycles. The molecule has 33 heavy (non-hydrogen) atoms. The summed E-state index contributed by atoms with van der Waals surface area (Å²) in [5.41, 5.74) is 10.7.